The van der Waals surface area contributed by atoms with E-state index in [4.69, 9.17) is 0 Å². The van der Waals surface area contributed by atoms with E-state index in [1.165, 1.54) is 6.07 Å². The fraction of sp³-hybridized carbons (Fsp3) is 0.529. The van der Waals surface area contributed by atoms with Gasteiger partial charge in [0.2, 0.25) is 5.91 Å². The minimum absolute atomic E-state index is 0.0411. The van der Waals surface area contributed by atoms with Crippen LogP contribution in [0.15, 0.2) is 18.2 Å². The van der Waals surface area contributed by atoms with Crippen molar-refractivity contribution >= 4 is 27.5 Å². The maximum Gasteiger partial charge on any atom is 0.315 e. The van der Waals surface area contributed by atoms with Crippen LogP contribution in [0.2, 0.25) is 0 Å². The Balaban J connectivity index is 1.45. The van der Waals surface area contributed by atoms with Crippen molar-refractivity contribution < 1.29 is 22.4 Å². The molecule has 2 aliphatic rings. The lowest BCUT2D eigenvalue weighted by atomic mass is 10.0. The average molecular weight is 383 g/mol. The van der Waals surface area contributed by atoms with Crippen LogP contribution in [-0.4, -0.2) is 43.4 Å². The van der Waals surface area contributed by atoms with Crippen molar-refractivity contribution in [3.05, 3.63) is 29.6 Å². The molecule has 0 bridgehead atoms. The Morgan fingerprint density at radius 1 is 1.31 bits per heavy atom. The first-order chi connectivity index (χ1) is 12.3. The summed E-state index contributed by atoms with van der Waals surface area (Å²) in [5.74, 6) is -0.659. The summed E-state index contributed by atoms with van der Waals surface area (Å²) < 4.78 is 37.9. The summed E-state index contributed by atoms with van der Waals surface area (Å²) in [6.45, 7) is 1.64. The Bertz CT molecular complexity index is 827. The number of fused-ring (bicyclic) bond motifs is 1. The number of hydrogen-bond acceptors (Lipinski definition) is 4. The summed E-state index contributed by atoms with van der Waals surface area (Å²) in [6.07, 6.45) is 1.70. The van der Waals surface area contributed by atoms with Gasteiger partial charge in [-0.1, -0.05) is 12.5 Å². The van der Waals surface area contributed by atoms with Gasteiger partial charge in [0.1, 0.15) is 5.82 Å². The van der Waals surface area contributed by atoms with E-state index in [2.05, 4.69) is 16.0 Å². The molecule has 0 unspecified atom stereocenters. The molecule has 3 atom stereocenters. The molecule has 9 heteroatoms. The van der Waals surface area contributed by atoms with Crippen molar-refractivity contribution in [3.63, 3.8) is 0 Å². The van der Waals surface area contributed by atoms with E-state index in [1.54, 1.807) is 19.1 Å². The van der Waals surface area contributed by atoms with Crippen LogP contribution in [0.25, 0.3) is 0 Å². The molecule has 3 amide bonds. The highest BCUT2D eigenvalue weighted by molar-refractivity contribution is 7.92. The topological polar surface area (TPSA) is 104 Å². The van der Waals surface area contributed by atoms with Gasteiger partial charge in [-0.05, 0) is 37.5 Å². The Morgan fingerprint density at radius 2 is 2.08 bits per heavy atom. The van der Waals surface area contributed by atoms with E-state index < -0.39 is 21.1 Å². The van der Waals surface area contributed by atoms with Gasteiger partial charge in [-0.25, -0.2) is 17.6 Å². The lowest BCUT2D eigenvalue weighted by Gasteiger charge is -2.16. The van der Waals surface area contributed by atoms with Crippen molar-refractivity contribution in [3.8, 4) is 0 Å². The van der Waals surface area contributed by atoms with E-state index in [9.17, 15) is 22.4 Å². The number of benzene rings is 1. The standard InChI is InChI=1S/C17H22FN3O4S/c1-10-6-7-11(8-12(10)18)19-15(22)5-3-2-4-14-16-13(9-26(14,24)25)20-17(23)21-16/h6-8,13-14,16H,2-5,9H2,1H3,(H,19,22)(H2,20,21,23)/t13-,14+,16-/m0/s1. The lowest BCUT2D eigenvalue weighted by molar-refractivity contribution is -0.116. The normalized spacial score (nSPS) is 26.1. The van der Waals surface area contributed by atoms with Gasteiger partial charge in [0, 0.05) is 12.1 Å². The number of halogens is 1. The highest BCUT2D eigenvalue weighted by Crippen LogP contribution is 2.28. The molecule has 3 rings (SSSR count). The number of sulfone groups is 1. The molecule has 3 N–H and O–H groups in total. The number of carbonyl (C=O) groups is 2. The van der Waals surface area contributed by atoms with Crippen LogP contribution in [0.5, 0.6) is 0 Å². The van der Waals surface area contributed by atoms with Gasteiger partial charge < -0.3 is 16.0 Å². The maximum atomic E-state index is 13.5. The van der Waals surface area contributed by atoms with E-state index in [0.29, 0.717) is 30.5 Å². The zero-order valence-corrected chi connectivity index (χ0v) is 15.2. The molecule has 2 aliphatic heterocycles. The first-order valence-corrected chi connectivity index (χ1v) is 10.3. The molecule has 1 aromatic carbocycles. The summed E-state index contributed by atoms with van der Waals surface area (Å²) in [7, 11) is -3.25. The third kappa shape index (κ3) is 3.98. The van der Waals surface area contributed by atoms with Gasteiger partial charge in [-0.2, -0.15) is 0 Å². The van der Waals surface area contributed by atoms with Crippen LogP contribution in [-0.2, 0) is 14.6 Å². The number of rotatable bonds is 6. The largest absolute Gasteiger partial charge is 0.332 e. The quantitative estimate of drug-likeness (QED) is 0.511. The van der Waals surface area contributed by atoms with E-state index >= 15 is 0 Å². The minimum atomic E-state index is -3.25. The molecule has 2 heterocycles. The predicted octanol–water partition coefficient (Wildman–Crippen LogP) is 1.48. The van der Waals surface area contributed by atoms with Crippen molar-refractivity contribution in [2.24, 2.45) is 0 Å². The lowest BCUT2D eigenvalue weighted by Crippen LogP contribution is -2.39. The van der Waals surface area contributed by atoms with E-state index in [1.807, 2.05) is 0 Å². The SMILES string of the molecule is Cc1ccc(NC(=O)CCCC[C@@H]2[C@H]3NC(=O)N[C@H]3CS2(=O)=O)cc1F. The summed E-state index contributed by atoms with van der Waals surface area (Å²) in [6, 6.07) is 3.42. The maximum absolute atomic E-state index is 13.5. The fourth-order valence-corrected chi connectivity index (χ4v) is 5.80. The summed E-state index contributed by atoms with van der Waals surface area (Å²) in [5, 5.41) is 7.31. The molecule has 2 saturated heterocycles. The molecule has 0 aromatic heterocycles. The van der Waals surface area contributed by atoms with Gasteiger partial charge in [0.05, 0.1) is 23.1 Å². The zero-order chi connectivity index (χ0) is 18.9. The van der Waals surface area contributed by atoms with Crippen LogP contribution in [0.3, 0.4) is 0 Å². The number of anilines is 1. The third-order valence-electron chi connectivity index (χ3n) is 4.92. The van der Waals surface area contributed by atoms with Crippen LogP contribution in [0.1, 0.15) is 31.2 Å². The smallest absolute Gasteiger partial charge is 0.315 e. The molecule has 7 nitrogen and oxygen atoms in total. The molecule has 2 fully saturated rings. The number of nitrogens with one attached hydrogen (secondary N) is 3. The van der Waals surface area contributed by atoms with E-state index in [-0.39, 0.29) is 36.0 Å². The fourth-order valence-electron chi connectivity index (χ4n) is 3.53. The molecule has 1 aromatic rings. The number of carbonyl (C=O) groups excluding carboxylic acids is 2. The first-order valence-electron chi connectivity index (χ1n) is 8.61. The summed E-state index contributed by atoms with van der Waals surface area (Å²) >= 11 is 0. The first kappa shape index (κ1) is 18.6. The number of aryl methyl sites for hydroxylation is 1. The number of urea groups is 1. The average Bonchev–Trinajstić information content (AvgIpc) is 2.99. The number of unbranched alkanes of at least 4 members (excludes halogenated alkanes) is 1. The molecule has 0 radical (unpaired) electrons. The minimum Gasteiger partial charge on any atom is -0.332 e. The van der Waals surface area contributed by atoms with E-state index in [0.717, 1.165) is 0 Å². The van der Waals surface area contributed by atoms with Crippen LogP contribution in [0, 0.1) is 12.7 Å². The van der Waals surface area contributed by atoms with Gasteiger partial charge in [0.15, 0.2) is 9.84 Å². The van der Waals surface area contributed by atoms with Crippen LogP contribution >= 0.6 is 0 Å². The molecule has 26 heavy (non-hydrogen) atoms. The van der Waals surface area contributed by atoms with Crippen molar-refractivity contribution in [1.29, 1.82) is 0 Å². The molecule has 0 aliphatic carbocycles. The second-order valence-electron chi connectivity index (χ2n) is 6.88. The van der Waals surface area contributed by atoms with Gasteiger partial charge >= 0.3 is 6.03 Å². The van der Waals surface area contributed by atoms with Gasteiger partial charge in [-0.3, -0.25) is 4.79 Å². The summed E-state index contributed by atoms with van der Waals surface area (Å²) in [4.78, 5) is 23.3. The van der Waals surface area contributed by atoms with Crippen molar-refractivity contribution in [1.82, 2.24) is 10.6 Å². The molecule has 142 valence electrons. The Kier molecular flexibility index (Phi) is 5.17. The van der Waals surface area contributed by atoms with Gasteiger partial charge in [-0.15, -0.1) is 0 Å². The van der Waals surface area contributed by atoms with Crippen LogP contribution in [0.4, 0.5) is 14.9 Å². The molecular formula is C17H22FN3O4S. The molecule has 0 spiro atoms. The molecular weight excluding hydrogens is 361 g/mol. The molecule has 0 saturated carbocycles. The van der Waals surface area contributed by atoms with Crippen molar-refractivity contribution in [2.75, 3.05) is 11.1 Å². The third-order valence-corrected chi connectivity index (χ3v) is 7.19. The number of hydrogen-bond donors (Lipinski definition) is 3. The van der Waals surface area contributed by atoms with Gasteiger partial charge in [0.25, 0.3) is 0 Å². The highest BCUT2D eigenvalue weighted by Gasteiger charge is 2.51. The highest BCUT2D eigenvalue weighted by atomic mass is 32.2. The summed E-state index contributed by atoms with van der Waals surface area (Å²) in [5.41, 5.74) is 0.909. The Labute approximate surface area is 151 Å². The second-order valence-corrected chi connectivity index (χ2v) is 9.14. The van der Waals surface area contributed by atoms with Crippen molar-refractivity contribution in [2.45, 2.75) is 49.9 Å². The monoisotopic (exact) mass is 383 g/mol. The number of amides is 3. The Hall–Kier alpha value is -2.16. The van der Waals surface area contributed by atoms with Crippen LogP contribution < -0.4 is 16.0 Å². The predicted molar refractivity (Wildman–Crippen MR) is 95.1 cm³/mol. The Morgan fingerprint density at radius 3 is 2.81 bits per heavy atom. The zero-order valence-electron chi connectivity index (χ0n) is 14.4. The second kappa shape index (κ2) is 7.22.